The van der Waals surface area contributed by atoms with Gasteiger partial charge in [0.05, 0.1) is 11.1 Å². The average molecular weight is 516 g/mol. The molecule has 3 heterocycles. The lowest BCUT2D eigenvalue weighted by Gasteiger charge is -2.42. The van der Waals surface area contributed by atoms with E-state index in [9.17, 15) is 15.3 Å². The minimum atomic E-state index is -0.670. The number of amides is 1. The van der Waals surface area contributed by atoms with Crippen molar-refractivity contribution in [1.29, 1.82) is 10.5 Å². The van der Waals surface area contributed by atoms with Crippen molar-refractivity contribution < 1.29 is 4.79 Å². The summed E-state index contributed by atoms with van der Waals surface area (Å²) in [5, 5.41) is 20.2. The molecule has 0 radical (unpaired) electrons. The third-order valence-electron chi connectivity index (χ3n) is 7.80. The lowest BCUT2D eigenvalue weighted by atomic mass is 9.97. The molecular formula is C28H33N7OS. The summed E-state index contributed by atoms with van der Waals surface area (Å²) in [5.74, 6) is 0.366. The molecule has 8 nitrogen and oxygen atoms in total. The molecule has 2 N–H and O–H groups in total. The molecule has 2 aromatic rings. The van der Waals surface area contributed by atoms with Crippen molar-refractivity contribution in [1.82, 2.24) is 14.8 Å². The number of piperazine rings is 1. The predicted octanol–water partition coefficient (Wildman–Crippen LogP) is 3.24. The Morgan fingerprint density at radius 2 is 1.65 bits per heavy atom. The van der Waals surface area contributed by atoms with Crippen molar-refractivity contribution in [3.05, 3.63) is 52.6 Å². The Labute approximate surface area is 223 Å². The van der Waals surface area contributed by atoms with Crippen molar-refractivity contribution >= 4 is 23.5 Å². The monoisotopic (exact) mass is 515 g/mol. The zero-order valence-corrected chi connectivity index (χ0v) is 22.1. The fraction of sp³-hybridized carbons (Fsp3) is 0.500. The fourth-order valence-corrected chi connectivity index (χ4v) is 6.59. The number of likely N-dealkylation sites (N-methyl/N-ethyl adjacent to an activating group) is 1. The molecule has 192 valence electrons. The number of nitriles is 2. The number of nitrogens with zero attached hydrogens (tertiary/aromatic N) is 6. The summed E-state index contributed by atoms with van der Waals surface area (Å²) in [6.07, 6.45) is 3.96. The Morgan fingerprint density at radius 1 is 1.00 bits per heavy atom. The van der Waals surface area contributed by atoms with E-state index < -0.39 is 11.2 Å². The van der Waals surface area contributed by atoms with Gasteiger partial charge in [0.15, 0.2) is 0 Å². The summed E-state index contributed by atoms with van der Waals surface area (Å²) in [6.45, 7) is 6.03. The highest BCUT2D eigenvalue weighted by Crippen LogP contribution is 2.48. The summed E-state index contributed by atoms with van der Waals surface area (Å²) < 4.78 is 0. The molecule has 0 spiro atoms. The van der Waals surface area contributed by atoms with Crippen LogP contribution < -0.4 is 10.6 Å². The van der Waals surface area contributed by atoms with Gasteiger partial charge in [-0.25, -0.2) is 4.98 Å². The molecule has 0 bridgehead atoms. The number of anilines is 1. The van der Waals surface area contributed by atoms with E-state index in [4.69, 9.17) is 10.7 Å². The maximum absolute atomic E-state index is 12.5. The second-order valence-electron chi connectivity index (χ2n) is 10.3. The Bertz CT molecular complexity index is 1220. The van der Waals surface area contributed by atoms with Gasteiger partial charge in [-0.05, 0) is 49.8 Å². The van der Waals surface area contributed by atoms with E-state index in [2.05, 4.69) is 33.9 Å². The highest BCUT2D eigenvalue weighted by Gasteiger charge is 2.36. The molecule has 37 heavy (non-hydrogen) atoms. The minimum absolute atomic E-state index is 0.192. The number of nitrogens with two attached hydrogens (primary N) is 1. The van der Waals surface area contributed by atoms with E-state index >= 15 is 0 Å². The first-order valence-electron chi connectivity index (χ1n) is 13.1. The molecule has 3 fully saturated rings. The van der Waals surface area contributed by atoms with Gasteiger partial charge in [-0.1, -0.05) is 42.1 Å². The Balaban J connectivity index is 1.46. The van der Waals surface area contributed by atoms with Crippen molar-refractivity contribution in [2.75, 3.05) is 51.2 Å². The molecule has 2 saturated heterocycles. The van der Waals surface area contributed by atoms with E-state index in [0.717, 1.165) is 76.1 Å². The Morgan fingerprint density at radius 3 is 2.22 bits per heavy atom. The topological polar surface area (TPSA) is 113 Å². The minimum Gasteiger partial charge on any atom is -0.368 e. The van der Waals surface area contributed by atoms with Crippen LogP contribution in [0.25, 0.3) is 0 Å². The van der Waals surface area contributed by atoms with Crippen molar-refractivity contribution in [3.8, 4) is 12.1 Å². The van der Waals surface area contributed by atoms with Gasteiger partial charge in [0.2, 0.25) is 5.91 Å². The van der Waals surface area contributed by atoms with Crippen LogP contribution in [0.5, 0.6) is 0 Å². The summed E-state index contributed by atoms with van der Waals surface area (Å²) in [7, 11) is 2.17. The number of rotatable bonds is 7. The highest BCUT2D eigenvalue weighted by molar-refractivity contribution is 8.00. The molecule has 1 atom stereocenters. The Kier molecular flexibility index (Phi) is 7.66. The van der Waals surface area contributed by atoms with E-state index in [-0.39, 0.29) is 5.92 Å². The summed E-state index contributed by atoms with van der Waals surface area (Å²) in [6, 6.07) is 14.6. The second kappa shape index (κ2) is 11.1. The number of pyridine rings is 1. The fourth-order valence-electron chi connectivity index (χ4n) is 5.54. The maximum atomic E-state index is 12.5. The van der Waals surface area contributed by atoms with E-state index in [1.165, 1.54) is 11.8 Å². The standard InChI is InChI=1S/C28H33N7OS/c1-33-13-15-34(16-14-33)21-9-11-35(12-10-21)27-22(17-29)24(19-7-8-19)23(18-30)28(32-27)37-25(26(31)36)20-5-3-2-4-6-20/h2-6,19,21,25H,7-16H2,1H3,(H2,31,36). The van der Waals surface area contributed by atoms with Crippen LogP contribution in [0.3, 0.4) is 0 Å². The van der Waals surface area contributed by atoms with Crippen LogP contribution in [0.15, 0.2) is 35.4 Å². The number of carbonyl (C=O) groups is 1. The number of primary amides is 1. The lowest BCUT2D eigenvalue weighted by Crippen LogP contribution is -2.52. The normalized spacial score (nSPS) is 20.2. The third kappa shape index (κ3) is 5.45. The van der Waals surface area contributed by atoms with Gasteiger partial charge in [0.25, 0.3) is 0 Å². The zero-order chi connectivity index (χ0) is 25.9. The number of hydrogen-bond donors (Lipinski definition) is 1. The smallest absolute Gasteiger partial charge is 0.235 e. The predicted molar refractivity (Wildman–Crippen MR) is 144 cm³/mol. The third-order valence-corrected chi connectivity index (χ3v) is 9.06. The molecule has 2 aliphatic heterocycles. The van der Waals surface area contributed by atoms with Gasteiger partial charge < -0.3 is 15.5 Å². The Hall–Kier alpha value is -3.11. The molecule has 1 aliphatic carbocycles. The van der Waals surface area contributed by atoms with E-state index in [0.29, 0.717) is 28.0 Å². The van der Waals surface area contributed by atoms with Crippen molar-refractivity contribution in [2.24, 2.45) is 5.73 Å². The van der Waals surface area contributed by atoms with Crippen LogP contribution in [-0.2, 0) is 4.79 Å². The molecule has 1 saturated carbocycles. The second-order valence-corrected chi connectivity index (χ2v) is 11.4. The summed E-state index contributed by atoms with van der Waals surface area (Å²) >= 11 is 1.22. The van der Waals surface area contributed by atoms with Crippen LogP contribution in [-0.4, -0.2) is 73.0 Å². The molecule has 9 heteroatoms. The maximum Gasteiger partial charge on any atom is 0.235 e. The summed E-state index contributed by atoms with van der Waals surface area (Å²) in [4.78, 5) is 24.6. The van der Waals surface area contributed by atoms with Gasteiger partial charge in [0, 0.05) is 45.3 Å². The number of benzene rings is 1. The van der Waals surface area contributed by atoms with Gasteiger partial charge in [-0.2, -0.15) is 10.5 Å². The molecule has 1 amide bonds. The summed E-state index contributed by atoms with van der Waals surface area (Å²) in [5.41, 5.74) is 8.33. The zero-order valence-electron chi connectivity index (χ0n) is 21.3. The van der Waals surface area contributed by atoms with Crippen LogP contribution >= 0.6 is 11.8 Å². The van der Waals surface area contributed by atoms with Gasteiger partial charge in [0.1, 0.15) is 28.2 Å². The molecule has 5 rings (SSSR count). The van der Waals surface area contributed by atoms with Gasteiger partial charge in [-0.3, -0.25) is 9.69 Å². The van der Waals surface area contributed by atoms with Crippen LogP contribution in [0.2, 0.25) is 0 Å². The number of piperidine rings is 1. The molecular weight excluding hydrogens is 482 g/mol. The molecule has 1 aromatic heterocycles. The first-order valence-corrected chi connectivity index (χ1v) is 13.9. The average Bonchev–Trinajstić information content (AvgIpc) is 3.77. The van der Waals surface area contributed by atoms with E-state index in [1.807, 2.05) is 30.3 Å². The van der Waals surface area contributed by atoms with Crippen LogP contribution in [0.4, 0.5) is 5.82 Å². The first kappa shape index (κ1) is 25.5. The molecule has 3 aliphatic rings. The quantitative estimate of drug-likeness (QED) is 0.559. The number of carbonyl (C=O) groups excluding carboxylic acids is 1. The number of aromatic nitrogens is 1. The largest absolute Gasteiger partial charge is 0.368 e. The van der Waals surface area contributed by atoms with Crippen molar-refractivity contribution in [3.63, 3.8) is 0 Å². The molecule has 1 unspecified atom stereocenters. The van der Waals surface area contributed by atoms with E-state index in [1.54, 1.807) is 0 Å². The van der Waals surface area contributed by atoms with Gasteiger partial charge in [-0.15, -0.1) is 0 Å². The highest BCUT2D eigenvalue weighted by atomic mass is 32.2. The van der Waals surface area contributed by atoms with Crippen LogP contribution in [0, 0.1) is 22.7 Å². The SMILES string of the molecule is CN1CCN(C2CCN(c3nc(SC(C(N)=O)c4ccccc4)c(C#N)c(C4CC4)c3C#N)CC2)CC1. The van der Waals surface area contributed by atoms with Crippen molar-refractivity contribution in [2.45, 2.75) is 47.9 Å². The number of thioether (sulfide) groups is 1. The first-order chi connectivity index (χ1) is 18.0. The number of hydrogen-bond acceptors (Lipinski definition) is 8. The lowest BCUT2D eigenvalue weighted by molar-refractivity contribution is -0.117. The van der Waals surface area contributed by atoms with Crippen LogP contribution in [0.1, 0.15) is 59.1 Å². The van der Waals surface area contributed by atoms with Gasteiger partial charge >= 0.3 is 0 Å². The molecule has 1 aromatic carbocycles.